The Morgan fingerprint density at radius 1 is 1.27 bits per heavy atom. The number of nitrogens with one attached hydrogen (secondary N) is 1. The largest absolute Gasteiger partial charge is 0.491 e. The molecule has 7 nitrogen and oxygen atoms in total. The van der Waals surface area contributed by atoms with E-state index in [2.05, 4.69) is 18.5 Å². The number of rotatable bonds is 12. The van der Waals surface area contributed by atoms with Gasteiger partial charge in [-0.25, -0.2) is 4.79 Å². The van der Waals surface area contributed by atoms with Gasteiger partial charge in [-0.1, -0.05) is 35.9 Å². The summed E-state index contributed by atoms with van der Waals surface area (Å²) in [5, 5.41) is 22.1. The fraction of sp³-hybridized carbons (Fsp3) is 0.292. The van der Waals surface area contributed by atoms with Gasteiger partial charge in [0.25, 0.3) is 0 Å². The molecule has 0 unspecified atom stereocenters. The smallest absolute Gasteiger partial charge is 0.341 e. The van der Waals surface area contributed by atoms with Gasteiger partial charge in [0, 0.05) is 5.56 Å². The van der Waals surface area contributed by atoms with E-state index >= 15 is 0 Å². The summed E-state index contributed by atoms with van der Waals surface area (Å²) in [5.41, 5.74) is 0.0405. The Balaban J connectivity index is 2.34. The molecule has 0 saturated heterocycles. The molecule has 0 fully saturated rings. The van der Waals surface area contributed by atoms with Crippen LogP contribution in [-0.2, 0) is 9.53 Å². The van der Waals surface area contributed by atoms with E-state index in [0.717, 1.165) is 11.3 Å². The lowest BCUT2D eigenvalue weighted by atomic mass is 9.97. The lowest BCUT2D eigenvalue weighted by Crippen LogP contribution is -2.34. The summed E-state index contributed by atoms with van der Waals surface area (Å²) in [6, 6.07) is 8.57. The number of hydrogen-bond acceptors (Lipinski definition) is 7. The van der Waals surface area contributed by atoms with Crippen LogP contribution in [0.25, 0.3) is 11.1 Å². The second kappa shape index (κ2) is 12.2. The Hall–Kier alpha value is -3.12. The third-order valence-electron chi connectivity index (χ3n) is 4.54. The maximum Gasteiger partial charge on any atom is 0.341 e. The first kappa shape index (κ1) is 26.1. The number of halogens is 1. The van der Waals surface area contributed by atoms with Crippen molar-refractivity contribution in [3.05, 3.63) is 59.5 Å². The quantitative estimate of drug-likeness (QED) is 0.307. The van der Waals surface area contributed by atoms with E-state index in [0.29, 0.717) is 29.7 Å². The Kier molecular flexibility index (Phi) is 9.67. The number of carbonyl (C=O) groups excluding carboxylic acids is 2. The van der Waals surface area contributed by atoms with Gasteiger partial charge in [-0.05, 0) is 37.5 Å². The highest BCUT2D eigenvalue weighted by atomic mass is 35.5. The fourth-order valence-electron chi connectivity index (χ4n) is 3.06. The minimum absolute atomic E-state index is 0.0484. The number of anilines is 1. The summed E-state index contributed by atoms with van der Waals surface area (Å²) in [5.74, 6) is -0.679. The van der Waals surface area contributed by atoms with Crippen LogP contribution in [0.15, 0.2) is 49.6 Å². The van der Waals surface area contributed by atoms with E-state index < -0.39 is 17.5 Å². The molecule has 1 amide bonds. The van der Waals surface area contributed by atoms with Crippen LogP contribution in [0.1, 0.15) is 36.5 Å². The van der Waals surface area contributed by atoms with Crippen LogP contribution in [0, 0.1) is 11.3 Å². The summed E-state index contributed by atoms with van der Waals surface area (Å²) in [7, 11) is 0. The molecule has 2 N–H and O–H groups in total. The number of aliphatic hydroxyl groups is 1. The lowest BCUT2D eigenvalue weighted by Gasteiger charge is -2.25. The average Bonchev–Trinajstić information content (AvgIpc) is 3.09. The number of hydrogen-bond donors (Lipinski definition) is 2. The van der Waals surface area contributed by atoms with Gasteiger partial charge < -0.3 is 19.9 Å². The van der Waals surface area contributed by atoms with Gasteiger partial charge in [0.2, 0.25) is 5.91 Å². The standard InChI is InChI=1S/C24H25ClN2O5S/c1-4-12-24(30,13-5-2)15-32-17-9-7-16(8-10-17)19-20(23(29)31-6-3)22(33-21(19)25)27-18(28)11-14-26/h4-5,7-10,30H,1-2,6,11-13,15H2,3H3,(H,27,28). The second-order valence-corrected chi connectivity index (χ2v) is 8.70. The second-order valence-electron chi connectivity index (χ2n) is 7.08. The Morgan fingerprint density at radius 3 is 2.45 bits per heavy atom. The predicted molar refractivity (Wildman–Crippen MR) is 130 cm³/mol. The zero-order valence-electron chi connectivity index (χ0n) is 18.2. The van der Waals surface area contributed by atoms with Gasteiger partial charge >= 0.3 is 5.97 Å². The van der Waals surface area contributed by atoms with Crippen molar-refractivity contribution in [3.63, 3.8) is 0 Å². The Bertz CT molecular complexity index is 1050. The summed E-state index contributed by atoms with van der Waals surface area (Å²) < 4.78 is 11.2. The summed E-state index contributed by atoms with van der Waals surface area (Å²) in [6.07, 6.45) is 3.59. The van der Waals surface area contributed by atoms with Gasteiger partial charge in [0.15, 0.2) is 0 Å². The van der Waals surface area contributed by atoms with Crippen LogP contribution in [-0.4, -0.2) is 35.8 Å². The SMILES string of the molecule is C=CCC(O)(CC=C)COc1ccc(-c2c(Cl)sc(NC(=O)CC#N)c2C(=O)OCC)cc1. The molecule has 0 atom stereocenters. The maximum atomic E-state index is 12.7. The van der Waals surface area contributed by atoms with E-state index in [4.69, 9.17) is 26.3 Å². The topological polar surface area (TPSA) is 109 Å². The average molecular weight is 489 g/mol. The lowest BCUT2D eigenvalue weighted by molar-refractivity contribution is -0.115. The van der Waals surface area contributed by atoms with Crippen molar-refractivity contribution in [3.8, 4) is 22.9 Å². The van der Waals surface area contributed by atoms with E-state index in [1.165, 1.54) is 0 Å². The van der Waals surface area contributed by atoms with E-state index in [9.17, 15) is 14.7 Å². The fourth-order valence-corrected chi connectivity index (χ4v) is 4.45. The van der Waals surface area contributed by atoms with Crippen LogP contribution in [0.3, 0.4) is 0 Å². The minimum atomic E-state index is -1.10. The molecule has 0 radical (unpaired) electrons. The Morgan fingerprint density at radius 2 is 1.91 bits per heavy atom. The molecule has 0 aliphatic rings. The molecule has 1 heterocycles. The van der Waals surface area contributed by atoms with Crippen LogP contribution >= 0.6 is 22.9 Å². The van der Waals surface area contributed by atoms with Crippen LogP contribution in [0.5, 0.6) is 5.75 Å². The predicted octanol–water partition coefficient (Wildman–Crippen LogP) is 5.36. The van der Waals surface area contributed by atoms with Crippen molar-refractivity contribution in [2.45, 2.75) is 31.8 Å². The number of esters is 1. The third-order valence-corrected chi connectivity index (χ3v) is 5.85. The summed E-state index contributed by atoms with van der Waals surface area (Å²) in [4.78, 5) is 24.6. The van der Waals surface area contributed by atoms with Crippen molar-refractivity contribution in [2.24, 2.45) is 0 Å². The molecule has 1 aromatic carbocycles. The molecule has 9 heteroatoms. The van der Waals surface area contributed by atoms with Gasteiger partial charge in [-0.2, -0.15) is 5.26 Å². The number of carbonyl (C=O) groups is 2. The molecular formula is C24H25ClN2O5S. The molecule has 174 valence electrons. The Labute approximate surface area is 201 Å². The van der Waals surface area contributed by atoms with Crippen molar-refractivity contribution in [1.82, 2.24) is 0 Å². The first-order valence-electron chi connectivity index (χ1n) is 10.1. The molecule has 1 aromatic heterocycles. The van der Waals surface area contributed by atoms with Crippen LogP contribution in [0.4, 0.5) is 5.00 Å². The van der Waals surface area contributed by atoms with Crippen LogP contribution < -0.4 is 10.1 Å². The minimum Gasteiger partial charge on any atom is -0.491 e. The van der Waals surface area contributed by atoms with Gasteiger partial charge in [-0.15, -0.1) is 24.5 Å². The molecular weight excluding hydrogens is 464 g/mol. The van der Waals surface area contributed by atoms with E-state index in [1.807, 2.05) is 0 Å². The van der Waals surface area contributed by atoms with Gasteiger partial charge in [0.1, 0.15) is 39.3 Å². The van der Waals surface area contributed by atoms with E-state index in [1.54, 1.807) is 49.4 Å². The highest BCUT2D eigenvalue weighted by Gasteiger charge is 2.27. The monoisotopic (exact) mass is 488 g/mol. The number of nitrogens with zero attached hydrogens (tertiary/aromatic N) is 1. The van der Waals surface area contributed by atoms with Gasteiger partial charge in [-0.3, -0.25) is 4.79 Å². The highest BCUT2D eigenvalue weighted by Crippen LogP contribution is 2.44. The molecule has 0 aliphatic heterocycles. The zero-order valence-corrected chi connectivity index (χ0v) is 19.8. The molecule has 0 spiro atoms. The zero-order chi connectivity index (χ0) is 24.4. The van der Waals surface area contributed by atoms with Crippen molar-refractivity contribution < 1.29 is 24.2 Å². The number of amides is 1. The van der Waals surface area contributed by atoms with Crippen LogP contribution in [0.2, 0.25) is 4.34 Å². The third kappa shape index (κ3) is 6.93. The molecule has 0 bridgehead atoms. The van der Waals surface area contributed by atoms with Crippen molar-refractivity contribution in [1.29, 1.82) is 5.26 Å². The van der Waals surface area contributed by atoms with Crippen molar-refractivity contribution >= 4 is 39.8 Å². The highest BCUT2D eigenvalue weighted by molar-refractivity contribution is 7.21. The summed E-state index contributed by atoms with van der Waals surface area (Å²) >= 11 is 7.44. The molecule has 2 rings (SSSR count). The first-order chi connectivity index (χ1) is 15.8. The number of benzene rings is 1. The normalized spacial score (nSPS) is 10.7. The molecule has 2 aromatic rings. The van der Waals surface area contributed by atoms with Crippen molar-refractivity contribution in [2.75, 3.05) is 18.5 Å². The number of ether oxygens (including phenoxy) is 2. The van der Waals surface area contributed by atoms with Gasteiger partial charge in [0.05, 0.1) is 12.7 Å². The molecule has 0 aliphatic carbocycles. The van der Waals surface area contributed by atoms with E-state index in [-0.39, 0.29) is 34.5 Å². The molecule has 0 saturated carbocycles. The number of thiophene rings is 1. The maximum absolute atomic E-state index is 12.7. The number of nitriles is 1. The summed E-state index contributed by atoms with van der Waals surface area (Å²) in [6.45, 7) is 9.18. The molecule has 33 heavy (non-hydrogen) atoms. The first-order valence-corrected chi connectivity index (χ1v) is 11.3.